The number of methoxy groups -OCH3 is 1. The highest BCUT2D eigenvalue weighted by molar-refractivity contribution is 5.86. The van der Waals surface area contributed by atoms with Crippen molar-refractivity contribution in [2.45, 2.75) is 26.3 Å². The van der Waals surface area contributed by atoms with Gasteiger partial charge in [0.25, 0.3) is 0 Å². The van der Waals surface area contributed by atoms with E-state index in [0.717, 1.165) is 6.42 Å². The molecule has 0 aromatic carbocycles. The maximum absolute atomic E-state index is 10.8. The minimum atomic E-state index is -1.05. The molecule has 0 fully saturated rings. The summed E-state index contributed by atoms with van der Waals surface area (Å²) in [5.74, 6) is -1.05. The van der Waals surface area contributed by atoms with Crippen molar-refractivity contribution in [1.29, 1.82) is 0 Å². The molecule has 1 aromatic heterocycles. The van der Waals surface area contributed by atoms with Gasteiger partial charge in [-0.1, -0.05) is 12.1 Å². The van der Waals surface area contributed by atoms with E-state index in [0.29, 0.717) is 12.3 Å². The number of aromatic carboxylic acids is 1. The smallest absolute Gasteiger partial charge is 0.358 e. The van der Waals surface area contributed by atoms with Gasteiger partial charge in [0, 0.05) is 7.11 Å². The van der Waals surface area contributed by atoms with E-state index in [1.54, 1.807) is 18.7 Å². The van der Waals surface area contributed by atoms with E-state index in [1.807, 2.05) is 6.92 Å². The summed E-state index contributed by atoms with van der Waals surface area (Å²) in [5.41, 5.74) is 0.566. The van der Waals surface area contributed by atoms with Gasteiger partial charge in [0.1, 0.15) is 0 Å². The first kappa shape index (κ1) is 11.6. The van der Waals surface area contributed by atoms with Gasteiger partial charge in [-0.2, -0.15) is 0 Å². The number of carboxylic acid groups (broad SMARTS) is 1. The van der Waals surface area contributed by atoms with Crippen LogP contribution in [-0.4, -0.2) is 39.8 Å². The summed E-state index contributed by atoms with van der Waals surface area (Å²) in [4.78, 5) is 10.8. The van der Waals surface area contributed by atoms with Crippen molar-refractivity contribution in [3.63, 3.8) is 0 Å². The largest absolute Gasteiger partial charge is 0.476 e. The molecule has 0 radical (unpaired) electrons. The van der Waals surface area contributed by atoms with Gasteiger partial charge >= 0.3 is 5.97 Å². The Bertz CT molecular complexity index is 348. The van der Waals surface area contributed by atoms with Crippen LogP contribution in [0.5, 0.6) is 0 Å². The second-order valence-electron chi connectivity index (χ2n) is 3.29. The van der Waals surface area contributed by atoms with E-state index in [2.05, 4.69) is 10.3 Å². The summed E-state index contributed by atoms with van der Waals surface area (Å²) in [6.07, 6.45) is 0.817. The van der Waals surface area contributed by atoms with Gasteiger partial charge in [-0.15, -0.1) is 5.10 Å². The molecular formula is C9H15N3O3. The molecule has 1 atom stereocenters. The van der Waals surface area contributed by atoms with Crippen LogP contribution < -0.4 is 0 Å². The lowest BCUT2D eigenvalue weighted by atomic mass is 10.2. The van der Waals surface area contributed by atoms with Crippen molar-refractivity contribution < 1.29 is 14.6 Å². The zero-order valence-electron chi connectivity index (χ0n) is 9.10. The topological polar surface area (TPSA) is 77.2 Å². The van der Waals surface area contributed by atoms with Crippen LogP contribution in [0.1, 0.15) is 35.6 Å². The van der Waals surface area contributed by atoms with Gasteiger partial charge in [-0.05, 0) is 13.3 Å². The first-order chi connectivity index (χ1) is 7.11. The van der Waals surface area contributed by atoms with Crippen LogP contribution in [0, 0.1) is 6.92 Å². The quantitative estimate of drug-likeness (QED) is 0.785. The number of carbonyl (C=O) groups is 1. The lowest BCUT2D eigenvalue weighted by molar-refractivity contribution is 0.0689. The first-order valence-corrected chi connectivity index (χ1v) is 4.75. The summed E-state index contributed by atoms with van der Waals surface area (Å²) < 4.78 is 6.64. The molecule has 1 unspecified atom stereocenters. The molecule has 15 heavy (non-hydrogen) atoms. The molecule has 84 valence electrons. The van der Waals surface area contributed by atoms with Crippen LogP contribution in [0.2, 0.25) is 0 Å². The maximum atomic E-state index is 10.8. The van der Waals surface area contributed by atoms with Crippen molar-refractivity contribution >= 4 is 5.97 Å². The number of hydrogen-bond donors (Lipinski definition) is 1. The summed E-state index contributed by atoms with van der Waals surface area (Å²) in [6, 6.07) is 0.0376. The van der Waals surface area contributed by atoms with Crippen LogP contribution in [0.25, 0.3) is 0 Å². The van der Waals surface area contributed by atoms with Crippen molar-refractivity contribution in [3.05, 3.63) is 11.4 Å². The zero-order valence-corrected chi connectivity index (χ0v) is 9.10. The molecule has 1 rings (SSSR count). The van der Waals surface area contributed by atoms with E-state index in [4.69, 9.17) is 9.84 Å². The molecule has 6 nitrogen and oxygen atoms in total. The summed E-state index contributed by atoms with van der Waals surface area (Å²) in [7, 11) is 1.60. The molecule has 1 aromatic rings. The van der Waals surface area contributed by atoms with Crippen LogP contribution in [0.15, 0.2) is 0 Å². The molecule has 0 spiro atoms. The Morgan fingerprint density at radius 1 is 1.67 bits per heavy atom. The third kappa shape index (κ3) is 2.33. The first-order valence-electron chi connectivity index (χ1n) is 4.75. The highest BCUT2D eigenvalue weighted by Crippen LogP contribution is 2.14. The predicted molar refractivity (Wildman–Crippen MR) is 52.9 cm³/mol. The fourth-order valence-electron chi connectivity index (χ4n) is 1.44. The molecule has 0 amide bonds. The Morgan fingerprint density at radius 3 is 2.73 bits per heavy atom. The number of hydrogen-bond acceptors (Lipinski definition) is 4. The fourth-order valence-corrected chi connectivity index (χ4v) is 1.44. The molecule has 0 aliphatic heterocycles. The highest BCUT2D eigenvalue weighted by Gasteiger charge is 2.19. The summed E-state index contributed by atoms with van der Waals surface area (Å²) in [5, 5.41) is 16.3. The monoisotopic (exact) mass is 213 g/mol. The standard InChI is InChI=1S/C9H15N3O3/c1-4-7(5-15-3)12-6(2)8(9(13)14)10-11-12/h7H,4-5H2,1-3H3,(H,13,14). The predicted octanol–water partition coefficient (Wildman–Crippen LogP) is 0.882. The third-order valence-electron chi connectivity index (χ3n) is 2.31. The van der Waals surface area contributed by atoms with Gasteiger partial charge in [-0.3, -0.25) is 0 Å². The van der Waals surface area contributed by atoms with Gasteiger partial charge < -0.3 is 9.84 Å². The van der Waals surface area contributed by atoms with Gasteiger partial charge in [-0.25, -0.2) is 9.48 Å². The minimum Gasteiger partial charge on any atom is -0.476 e. The number of ether oxygens (including phenoxy) is 1. The van der Waals surface area contributed by atoms with Gasteiger partial charge in [0.2, 0.25) is 0 Å². The molecule has 0 saturated carbocycles. The second kappa shape index (κ2) is 4.88. The molecule has 0 bridgehead atoms. The summed E-state index contributed by atoms with van der Waals surface area (Å²) in [6.45, 7) is 4.19. The lowest BCUT2D eigenvalue weighted by Crippen LogP contribution is -2.17. The van der Waals surface area contributed by atoms with E-state index >= 15 is 0 Å². The number of nitrogens with zero attached hydrogens (tertiary/aromatic N) is 3. The SMILES string of the molecule is CCC(COC)n1nnc(C(=O)O)c1C. The van der Waals surface area contributed by atoms with Gasteiger partial charge in [0.15, 0.2) is 5.69 Å². The van der Waals surface area contributed by atoms with Crippen molar-refractivity contribution in [3.8, 4) is 0 Å². The Hall–Kier alpha value is -1.43. The lowest BCUT2D eigenvalue weighted by Gasteiger charge is -2.14. The fraction of sp³-hybridized carbons (Fsp3) is 0.667. The minimum absolute atomic E-state index is 0.00422. The number of carboxylic acids is 1. The molecular weight excluding hydrogens is 198 g/mol. The second-order valence-corrected chi connectivity index (χ2v) is 3.29. The molecule has 0 aliphatic carbocycles. The molecule has 6 heteroatoms. The highest BCUT2D eigenvalue weighted by atomic mass is 16.5. The van der Waals surface area contributed by atoms with E-state index < -0.39 is 5.97 Å². The van der Waals surface area contributed by atoms with Crippen LogP contribution in [0.4, 0.5) is 0 Å². The molecule has 0 aliphatic rings. The average Bonchev–Trinajstić information content (AvgIpc) is 2.57. The van der Waals surface area contributed by atoms with Crippen LogP contribution >= 0.6 is 0 Å². The Balaban J connectivity index is 2.98. The van der Waals surface area contributed by atoms with Crippen molar-refractivity contribution in [2.24, 2.45) is 0 Å². The van der Waals surface area contributed by atoms with Crippen molar-refractivity contribution in [1.82, 2.24) is 15.0 Å². The number of aromatic nitrogens is 3. The normalized spacial score (nSPS) is 12.7. The number of rotatable bonds is 5. The Kier molecular flexibility index (Phi) is 3.79. The zero-order chi connectivity index (χ0) is 11.4. The third-order valence-corrected chi connectivity index (χ3v) is 2.31. The maximum Gasteiger partial charge on any atom is 0.358 e. The average molecular weight is 213 g/mol. The van der Waals surface area contributed by atoms with E-state index in [1.165, 1.54) is 0 Å². The Labute approximate surface area is 87.9 Å². The van der Waals surface area contributed by atoms with E-state index in [9.17, 15) is 4.79 Å². The van der Waals surface area contributed by atoms with Gasteiger partial charge in [0.05, 0.1) is 18.3 Å². The van der Waals surface area contributed by atoms with Crippen LogP contribution in [-0.2, 0) is 4.74 Å². The van der Waals surface area contributed by atoms with E-state index in [-0.39, 0.29) is 11.7 Å². The molecule has 1 N–H and O–H groups in total. The Morgan fingerprint density at radius 2 is 2.33 bits per heavy atom. The molecule has 1 heterocycles. The van der Waals surface area contributed by atoms with Crippen molar-refractivity contribution in [2.75, 3.05) is 13.7 Å². The van der Waals surface area contributed by atoms with Crippen LogP contribution in [0.3, 0.4) is 0 Å². The summed E-state index contributed by atoms with van der Waals surface area (Å²) >= 11 is 0. The molecule has 0 saturated heterocycles.